The fourth-order valence-corrected chi connectivity index (χ4v) is 2.37. The van der Waals surface area contributed by atoms with Crippen LogP contribution < -0.4 is 5.73 Å². The lowest BCUT2D eigenvalue weighted by Gasteiger charge is -2.05. The van der Waals surface area contributed by atoms with Gasteiger partial charge in [0.1, 0.15) is 10.7 Å². The summed E-state index contributed by atoms with van der Waals surface area (Å²) in [5.74, 6) is -0.0972. The van der Waals surface area contributed by atoms with Crippen molar-refractivity contribution < 1.29 is 5.21 Å². The predicted molar refractivity (Wildman–Crippen MR) is 70.2 cm³/mol. The fraction of sp³-hybridized carbons (Fsp3) is 0.182. The summed E-state index contributed by atoms with van der Waals surface area (Å²) in [5.41, 5.74) is 7.59. The summed E-state index contributed by atoms with van der Waals surface area (Å²) < 4.78 is 0. The average Bonchev–Trinajstić information content (AvgIpc) is 2.37. The average molecular weight is 276 g/mol. The second kappa shape index (κ2) is 5.61. The highest BCUT2D eigenvalue weighted by Crippen LogP contribution is 2.24. The van der Waals surface area contributed by atoms with Crippen molar-refractivity contribution in [2.45, 2.75) is 24.0 Å². The topological polar surface area (TPSA) is 110 Å². The first kappa shape index (κ1) is 13.2. The summed E-state index contributed by atoms with van der Waals surface area (Å²) in [5, 5.41) is 12.7. The van der Waals surface area contributed by atoms with Crippen LogP contribution >= 0.6 is 11.8 Å². The lowest BCUT2D eigenvalue weighted by Crippen LogP contribution is -2.16. The maximum Gasteiger partial charge on any atom is 0.194 e. The molecule has 0 fully saturated rings. The number of nitrogens with zero attached hydrogens (tertiary/aromatic N) is 5. The van der Waals surface area contributed by atoms with Gasteiger partial charge in [-0.25, -0.2) is 19.9 Å². The molecule has 0 amide bonds. The molecule has 0 aromatic carbocycles. The minimum atomic E-state index is -0.0972. The Morgan fingerprint density at radius 2 is 1.84 bits per heavy atom. The molecule has 3 N–H and O–H groups in total. The zero-order valence-corrected chi connectivity index (χ0v) is 11.2. The van der Waals surface area contributed by atoms with E-state index in [4.69, 9.17) is 10.9 Å². The van der Waals surface area contributed by atoms with Gasteiger partial charge in [-0.2, -0.15) is 0 Å². The van der Waals surface area contributed by atoms with Crippen molar-refractivity contribution >= 4 is 17.6 Å². The van der Waals surface area contributed by atoms with Crippen LogP contribution in [0.25, 0.3) is 0 Å². The second-order valence-corrected chi connectivity index (χ2v) is 4.69. The number of nitrogens with two attached hydrogens (primary N) is 1. The number of oxime groups is 1. The van der Waals surface area contributed by atoms with Crippen LogP contribution in [0.3, 0.4) is 0 Å². The van der Waals surface area contributed by atoms with E-state index in [1.165, 1.54) is 24.2 Å². The Morgan fingerprint density at radius 1 is 1.21 bits per heavy atom. The standard InChI is InChI=1S/C11H12N6OS/c1-6-5-7(2)16-11(15-6)19-10-8(9(12)17-18)13-3-4-14-10/h3-5,18H,1-2H3,(H2,12,17). The highest BCUT2D eigenvalue weighted by atomic mass is 32.2. The first-order chi connectivity index (χ1) is 9.10. The van der Waals surface area contributed by atoms with Crippen molar-refractivity contribution in [2.75, 3.05) is 0 Å². The molecular formula is C11H12N6OS. The molecule has 0 aliphatic rings. The van der Waals surface area contributed by atoms with Crippen molar-refractivity contribution in [3.63, 3.8) is 0 Å². The van der Waals surface area contributed by atoms with E-state index >= 15 is 0 Å². The fourth-order valence-electron chi connectivity index (χ4n) is 1.45. The van der Waals surface area contributed by atoms with E-state index in [0.717, 1.165) is 11.4 Å². The maximum atomic E-state index is 8.72. The predicted octanol–water partition coefficient (Wildman–Crippen LogP) is 1.13. The molecule has 0 atom stereocenters. The summed E-state index contributed by atoms with van der Waals surface area (Å²) in [6.45, 7) is 3.78. The summed E-state index contributed by atoms with van der Waals surface area (Å²) in [7, 11) is 0. The lowest BCUT2D eigenvalue weighted by atomic mass is 10.4. The van der Waals surface area contributed by atoms with Crippen LogP contribution in [0.5, 0.6) is 0 Å². The Balaban J connectivity index is 2.38. The number of hydrogen-bond donors (Lipinski definition) is 2. The number of rotatable bonds is 3. The molecule has 0 radical (unpaired) electrons. The number of amidine groups is 1. The molecule has 19 heavy (non-hydrogen) atoms. The van der Waals surface area contributed by atoms with Gasteiger partial charge in [0, 0.05) is 23.8 Å². The molecule has 2 aromatic heterocycles. The third-order valence-electron chi connectivity index (χ3n) is 2.16. The van der Waals surface area contributed by atoms with Crippen LogP contribution in [-0.4, -0.2) is 31.0 Å². The molecule has 7 nitrogen and oxygen atoms in total. The van der Waals surface area contributed by atoms with Crippen molar-refractivity contribution in [3.8, 4) is 0 Å². The molecule has 8 heteroatoms. The van der Waals surface area contributed by atoms with Gasteiger partial charge < -0.3 is 10.9 Å². The van der Waals surface area contributed by atoms with Crippen molar-refractivity contribution in [2.24, 2.45) is 10.9 Å². The quantitative estimate of drug-likeness (QED) is 0.284. The second-order valence-electron chi connectivity index (χ2n) is 3.73. The van der Waals surface area contributed by atoms with Crippen LogP contribution in [-0.2, 0) is 0 Å². The van der Waals surface area contributed by atoms with Crippen LogP contribution in [0.1, 0.15) is 17.1 Å². The van der Waals surface area contributed by atoms with Gasteiger partial charge in [-0.3, -0.25) is 0 Å². The zero-order valence-electron chi connectivity index (χ0n) is 10.4. The summed E-state index contributed by atoms with van der Waals surface area (Å²) in [4.78, 5) is 16.8. The van der Waals surface area contributed by atoms with Crippen molar-refractivity contribution in [1.82, 2.24) is 19.9 Å². The molecule has 0 bridgehead atoms. The van der Waals surface area contributed by atoms with Gasteiger partial charge in [0.2, 0.25) is 0 Å². The Bertz CT molecular complexity index is 610. The smallest absolute Gasteiger partial charge is 0.194 e. The SMILES string of the molecule is Cc1cc(C)nc(Sc2nccnc2/C(N)=N/O)n1. The third kappa shape index (κ3) is 3.16. The van der Waals surface area contributed by atoms with Gasteiger partial charge >= 0.3 is 0 Å². The van der Waals surface area contributed by atoms with Crippen LogP contribution in [0.2, 0.25) is 0 Å². The molecule has 0 spiro atoms. The Labute approximate surface area is 114 Å². The number of aromatic nitrogens is 4. The van der Waals surface area contributed by atoms with Gasteiger partial charge in [-0.15, -0.1) is 0 Å². The first-order valence-electron chi connectivity index (χ1n) is 5.39. The molecule has 0 saturated heterocycles. The normalized spacial score (nSPS) is 11.6. The molecule has 2 heterocycles. The van der Waals surface area contributed by atoms with Gasteiger partial charge in [-0.05, 0) is 31.7 Å². The van der Waals surface area contributed by atoms with Gasteiger partial charge in [0.15, 0.2) is 11.0 Å². The molecule has 0 aliphatic heterocycles. The number of aryl methyl sites for hydroxylation is 2. The van der Waals surface area contributed by atoms with E-state index in [9.17, 15) is 0 Å². The van der Waals surface area contributed by atoms with E-state index < -0.39 is 0 Å². The Kier molecular flexibility index (Phi) is 3.91. The molecular weight excluding hydrogens is 264 g/mol. The molecule has 0 unspecified atom stereocenters. The molecule has 2 rings (SSSR count). The van der Waals surface area contributed by atoms with Gasteiger partial charge in [-0.1, -0.05) is 5.16 Å². The largest absolute Gasteiger partial charge is 0.409 e. The van der Waals surface area contributed by atoms with Crippen LogP contribution in [0, 0.1) is 13.8 Å². The Morgan fingerprint density at radius 3 is 2.47 bits per heavy atom. The van der Waals surface area contributed by atoms with E-state index in [2.05, 4.69) is 25.1 Å². The summed E-state index contributed by atoms with van der Waals surface area (Å²) in [6, 6.07) is 1.88. The van der Waals surface area contributed by atoms with Crippen LogP contribution in [0.15, 0.2) is 33.8 Å². The summed E-state index contributed by atoms with van der Waals surface area (Å²) >= 11 is 1.22. The lowest BCUT2D eigenvalue weighted by molar-refractivity contribution is 0.318. The van der Waals surface area contributed by atoms with E-state index in [0.29, 0.717) is 15.9 Å². The summed E-state index contributed by atoms with van der Waals surface area (Å²) in [6.07, 6.45) is 3.00. The van der Waals surface area contributed by atoms with Crippen molar-refractivity contribution in [1.29, 1.82) is 0 Å². The highest BCUT2D eigenvalue weighted by Gasteiger charge is 2.13. The third-order valence-corrected chi connectivity index (χ3v) is 3.02. The first-order valence-corrected chi connectivity index (χ1v) is 6.21. The monoisotopic (exact) mass is 276 g/mol. The molecule has 2 aromatic rings. The Hall–Kier alpha value is -2.22. The highest BCUT2D eigenvalue weighted by molar-refractivity contribution is 7.99. The van der Waals surface area contributed by atoms with Crippen molar-refractivity contribution in [3.05, 3.63) is 35.5 Å². The van der Waals surface area contributed by atoms with E-state index in [-0.39, 0.29) is 5.84 Å². The zero-order chi connectivity index (χ0) is 13.8. The van der Waals surface area contributed by atoms with Gasteiger partial charge in [0.25, 0.3) is 0 Å². The number of hydrogen-bond acceptors (Lipinski definition) is 7. The molecule has 98 valence electrons. The van der Waals surface area contributed by atoms with E-state index in [1.54, 1.807) is 0 Å². The molecule has 0 saturated carbocycles. The minimum absolute atomic E-state index is 0.0972. The minimum Gasteiger partial charge on any atom is -0.409 e. The van der Waals surface area contributed by atoms with E-state index in [1.807, 2.05) is 19.9 Å². The molecule has 0 aliphatic carbocycles. The van der Waals surface area contributed by atoms with Crippen LogP contribution in [0.4, 0.5) is 0 Å². The van der Waals surface area contributed by atoms with Gasteiger partial charge in [0.05, 0.1) is 0 Å². The maximum absolute atomic E-state index is 8.72.